The van der Waals surface area contributed by atoms with Gasteiger partial charge in [0.2, 0.25) is 6.41 Å². The molecule has 0 radical (unpaired) electrons. The molecule has 1 aromatic rings. The Hall–Kier alpha value is -1.46. The highest BCUT2D eigenvalue weighted by molar-refractivity contribution is 6.41. The number of hydrogen-bond donors (Lipinski definition) is 1. The Morgan fingerprint density at radius 3 is 2.53 bits per heavy atom. The van der Waals surface area contributed by atoms with Gasteiger partial charge in [-0.05, 0) is 6.07 Å². The molecule has 17 heavy (non-hydrogen) atoms. The zero-order chi connectivity index (χ0) is 13.0. The van der Waals surface area contributed by atoms with Gasteiger partial charge in [-0.1, -0.05) is 23.2 Å². The minimum absolute atomic E-state index is 0.0347. The molecule has 0 aliphatic carbocycles. The number of ether oxygens (including phenoxy) is 2. The minimum atomic E-state index is -0.636. The van der Waals surface area contributed by atoms with Crippen LogP contribution in [0.2, 0.25) is 10.0 Å². The van der Waals surface area contributed by atoms with Crippen molar-refractivity contribution in [3.05, 3.63) is 21.7 Å². The third-order valence-electron chi connectivity index (χ3n) is 1.99. The molecular formula is C10H9Cl2NO4. The summed E-state index contributed by atoms with van der Waals surface area (Å²) in [6.07, 6.45) is 0.421. The van der Waals surface area contributed by atoms with E-state index >= 15 is 0 Å². The van der Waals surface area contributed by atoms with Crippen LogP contribution in [0.25, 0.3) is 0 Å². The molecule has 0 aromatic heterocycles. The van der Waals surface area contributed by atoms with E-state index in [1.807, 2.05) is 0 Å². The number of carbonyl (C=O) groups excluding carboxylic acids is 2. The lowest BCUT2D eigenvalue weighted by molar-refractivity contribution is -0.105. The highest BCUT2D eigenvalue weighted by Crippen LogP contribution is 2.40. The number of benzene rings is 1. The predicted molar refractivity (Wildman–Crippen MR) is 64.0 cm³/mol. The van der Waals surface area contributed by atoms with E-state index in [1.165, 1.54) is 20.3 Å². The van der Waals surface area contributed by atoms with Crippen LogP contribution < -0.4 is 10.1 Å². The Labute approximate surface area is 108 Å². The SMILES string of the molecule is COC(=O)c1cc(Cl)c(NC=O)c(Cl)c1OC. The Morgan fingerprint density at radius 2 is 2.06 bits per heavy atom. The number of anilines is 1. The lowest BCUT2D eigenvalue weighted by Crippen LogP contribution is -2.07. The zero-order valence-electron chi connectivity index (χ0n) is 9.04. The van der Waals surface area contributed by atoms with Gasteiger partial charge in [0.1, 0.15) is 10.6 Å². The molecule has 1 amide bonds. The van der Waals surface area contributed by atoms with Crippen molar-refractivity contribution < 1.29 is 19.1 Å². The molecule has 0 atom stereocenters. The molecule has 5 nitrogen and oxygen atoms in total. The maximum atomic E-state index is 11.5. The van der Waals surface area contributed by atoms with Gasteiger partial charge in [0.25, 0.3) is 0 Å². The summed E-state index contributed by atoms with van der Waals surface area (Å²) >= 11 is 11.8. The zero-order valence-corrected chi connectivity index (χ0v) is 10.6. The fourth-order valence-corrected chi connectivity index (χ4v) is 1.90. The largest absolute Gasteiger partial charge is 0.494 e. The number of carbonyl (C=O) groups is 2. The van der Waals surface area contributed by atoms with Crippen LogP contribution in [0.3, 0.4) is 0 Å². The van der Waals surface area contributed by atoms with E-state index in [-0.39, 0.29) is 27.0 Å². The van der Waals surface area contributed by atoms with Crippen LogP contribution in [0.4, 0.5) is 5.69 Å². The van der Waals surface area contributed by atoms with Crippen molar-refractivity contribution >= 4 is 41.3 Å². The highest BCUT2D eigenvalue weighted by atomic mass is 35.5. The standard InChI is InChI=1S/C10H9Cl2NO4/c1-16-9-5(10(15)17-2)3-6(11)8(7(9)12)13-4-14/h3-4H,1-2H3,(H,13,14). The first-order valence-corrected chi connectivity index (χ1v) is 5.16. The number of rotatable bonds is 4. The van der Waals surface area contributed by atoms with Gasteiger partial charge in [0.05, 0.1) is 24.9 Å². The van der Waals surface area contributed by atoms with Crippen molar-refractivity contribution in [2.24, 2.45) is 0 Å². The van der Waals surface area contributed by atoms with Crippen molar-refractivity contribution in [1.29, 1.82) is 0 Å². The van der Waals surface area contributed by atoms with E-state index in [9.17, 15) is 9.59 Å². The molecule has 1 aromatic carbocycles. The monoisotopic (exact) mass is 277 g/mol. The molecule has 0 unspecified atom stereocenters. The third kappa shape index (κ3) is 2.62. The average Bonchev–Trinajstić information content (AvgIpc) is 2.32. The molecule has 0 saturated carbocycles. The molecule has 0 spiro atoms. The van der Waals surface area contributed by atoms with Gasteiger partial charge >= 0.3 is 5.97 Å². The maximum absolute atomic E-state index is 11.5. The number of halogens is 2. The van der Waals surface area contributed by atoms with E-state index in [2.05, 4.69) is 10.1 Å². The number of methoxy groups -OCH3 is 2. The summed E-state index contributed by atoms with van der Waals surface area (Å²) < 4.78 is 9.56. The fraction of sp³-hybridized carbons (Fsp3) is 0.200. The number of esters is 1. The molecule has 92 valence electrons. The molecular weight excluding hydrogens is 269 g/mol. The van der Waals surface area contributed by atoms with Crippen molar-refractivity contribution in [1.82, 2.24) is 0 Å². The summed E-state index contributed by atoms with van der Waals surface area (Å²) in [4.78, 5) is 21.8. The van der Waals surface area contributed by atoms with Gasteiger partial charge < -0.3 is 14.8 Å². The molecule has 0 aliphatic heterocycles. The maximum Gasteiger partial charge on any atom is 0.341 e. The van der Waals surface area contributed by atoms with Crippen LogP contribution in [-0.2, 0) is 9.53 Å². The molecule has 0 bridgehead atoms. The number of amides is 1. The molecule has 1 N–H and O–H groups in total. The molecule has 1 rings (SSSR count). The van der Waals surface area contributed by atoms with Gasteiger partial charge in [-0.25, -0.2) is 4.79 Å². The second-order valence-corrected chi connectivity index (χ2v) is 3.67. The topological polar surface area (TPSA) is 64.6 Å². The van der Waals surface area contributed by atoms with Crippen LogP contribution in [0, 0.1) is 0 Å². The predicted octanol–water partition coefficient (Wildman–Crippen LogP) is 2.36. The van der Waals surface area contributed by atoms with Crippen LogP contribution in [0.15, 0.2) is 6.07 Å². The lowest BCUT2D eigenvalue weighted by atomic mass is 10.1. The van der Waals surface area contributed by atoms with Gasteiger partial charge in [-0.15, -0.1) is 0 Å². The molecule has 0 aliphatic rings. The van der Waals surface area contributed by atoms with Gasteiger partial charge in [-0.3, -0.25) is 4.79 Å². The molecule has 0 saturated heterocycles. The lowest BCUT2D eigenvalue weighted by Gasteiger charge is -2.13. The summed E-state index contributed by atoms with van der Waals surface area (Å²) in [5.41, 5.74) is 0.259. The summed E-state index contributed by atoms with van der Waals surface area (Å²) in [6.45, 7) is 0. The summed E-state index contributed by atoms with van der Waals surface area (Å²) in [6, 6.07) is 1.31. The Morgan fingerprint density at radius 1 is 1.41 bits per heavy atom. The van der Waals surface area contributed by atoms with Crippen molar-refractivity contribution in [3.63, 3.8) is 0 Å². The summed E-state index contributed by atoms with van der Waals surface area (Å²) in [5, 5.41) is 2.48. The Kier molecular flexibility index (Phi) is 4.60. The normalized spacial score (nSPS) is 9.65. The van der Waals surface area contributed by atoms with Crippen molar-refractivity contribution in [2.75, 3.05) is 19.5 Å². The Bertz CT molecular complexity index is 462. The summed E-state index contributed by atoms with van der Waals surface area (Å²) in [5.74, 6) is -0.546. The second kappa shape index (κ2) is 5.75. The van der Waals surface area contributed by atoms with E-state index in [0.29, 0.717) is 6.41 Å². The van der Waals surface area contributed by atoms with Crippen molar-refractivity contribution in [3.8, 4) is 5.75 Å². The second-order valence-electron chi connectivity index (χ2n) is 2.88. The van der Waals surface area contributed by atoms with E-state index in [4.69, 9.17) is 27.9 Å². The van der Waals surface area contributed by atoms with E-state index in [1.54, 1.807) is 0 Å². The fourth-order valence-electron chi connectivity index (χ4n) is 1.25. The molecule has 7 heteroatoms. The third-order valence-corrected chi connectivity index (χ3v) is 2.64. The smallest absolute Gasteiger partial charge is 0.341 e. The molecule has 0 heterocycles. The first-order valence-electron chi connectivity index (χ1n) is 4.41. The first kappa shape index (κ1) is 13.6. The average molecular weight is 278 g/mol. The van der Waals surface area contributed by atoms with Gasteiger partial charge in [-0.2, -0.15) is 0 Å². The van der Waals surface area contributed by atoms with E-state index < -0.39 is 5.97 Å². The first-order chi connectivity index (χ1) is 8.06. The van der Waals surface area contributed by atoms with Crippen molar-refractivity contribution in [2.45, 2.75) is 0 Å². The Balaban J connectivity index is 3.45. The van der Waals surface area contributed by atoms with Crippen LogP contribution in [0.5, 0.6) is 5.75 Å². The molecule has 0 fully saturated rings. The van der Waals surface area contributed by atoms with E-state index in [0.717, 1.165) is 0 Å². The summed E-state index contributed by atoms with van der Waals surface area (Å²) in [7, 11) is 2.56. The van der Waals surface area contributed by atoms with Gasteiger partial charge in [0.15, 0.2) is 5.75 Å². The van der Waals surface area contributed by atoms with Crippen LogP contribution >= 0.6 is 23.2 Å². The highest BCUT2D eigenvalue weighted by Gasteiger charge is 2.21. The minimum Gasteiger partial charge on any atom is -0.494 e. The van der Waals surface area contributed by atoms with Crippen LogP contribution in [0.1, 0.15) is 10.4 Å². The quantitative estimate of drug-likeness (QED) is 0.678. The van der Waals surface area contributed by atoms with Gasteiger partial charge in [0, 0.05) is 0 Å². The number of hydrogen-bond acceptors (Lipinski definition) is 4. The van der Waals surface area contributed by atoms with Crippen LogP contribution in [-0.4, -0.2) is 26.6 Å². The number of nitrogens with one attached hydrogen (secondary N) is 1.